The maximum absolute atomic E-state index is 11.9. The van der Waals surface area contributed by atoms with E-state index in [1.807, 2.05) is 0 Å². The van der Waals surface area contributed by atoms with Crippen LogP contribution in [0, 0.1) is 5.92 Å². The van der Waals surface area contributed by atoms with Crippen LogP contribution in [0.1, 0.15) is 23.7 Å². The van der Waals surface area contributed by atoms with E-state index in [1.54, 1.807) is 24.3 Å². The maximum atomic E-state index is 11.9. The first-order chi connectivity index (χ1) is 8.87. The summed E-state index contributed by atoms with van der Waals surface area (Å²) >= 11 is 0. The van der Waals surface area contributed by atoms with Crippen molar-refractivity contribution >= 4 is 27.2 Å². The molecule has 1 aromatic carbocycles. The van der Waals surface area contributed by atoms with E-state index in [9.17, 15) is 18.0 Å². The van der Waals surface area contributed by atoms with Gasteiger partial charge in [0.2, 0.25) is 5.91 Å². The van der Waals surface area contributed by atoms with E-state index in [1.165, 1.54) is 6.92 Å². The topological polar surface area (TPSA) is 80.3 Å². The second-order valence-corrected chi connectivity index (χ2v) is 6.95. The Kier molecular flexibility index (Phi) is 3.71. The Bertz CT molecular complexity index is 604. The van der Waals surface area contributed by atoms with Crippen LogP contribution in [0.15, 0.2) is 24.3 Å². The van der Waals surface area contributed by atoms with Crippen molar-refractivity contribution < 1.29 is 18.0 Å². The average molecular weight is 281 g/mol. The zero-order chi connectivity index (χ0) is 14.0. The summed E-state index contributed by atoms with van der Waals surface area (Å²) in [5.74, 6) is -0.799. The Morgan fingerprint density at radius 2 is 1.84 bits per heavy atom. The summed E-state index contributed by atoms with van der Waals surface area (Å²) in [7, 11) is -3.06. The lowest BCUT2D eigenvalue weighted by atomic mass is 10.1. The van der Waals surface area contributed by atoms with Gasteiger partial charge in [-0.25, -0.2) is 8.42 Å². The molecule has 0 aliphatic carbocycles. The number of rotatable bonds is 3. The van der Waals surface area contributed by atoms with E-state index in [2.05, 4.69) is 5.32 Å². The molecular weight excluding hydrogens is 266 g/mol. The van der Waals surface area contributed by atoms with Crippen molar-refractivity contribution in [1.29, 1.82) is 0 Å². The summed E-state index contributed by atoms with van der Waals surface area (Å²) in [4.78, 5) is 23.0. The van der Waals surface area contributed by atoms with Crippen LogP contribution < -0.4 is 5.32 Å². The first-order valence-electron chi connectivity index (χ1n) is 6.00. The van der Waals surface area contributed by atoms with E-state index in [0.717, 1.165) is 0 Å². The van der Waals surface area contributed by atoms with Gasteiger partial charge >= 0.3 is 0 Å². The highest BCUT2D eigenvalue weighted by Crippen LogP contribution is 2.20. The van der Waals surface area contributed by atoms with Gasteiger partial charge in [0.25, 0.3) is 0 Å². The van der Waals surface area contributed by atoms with Crippen molar-refractivity contribution in [3.8, 4) is 0 Å². The molecule has 1 aliphatic rings. The molecule has 1 atom stereocenters. The smallest absolute Gasteiger partial charge is 0.228 e. The summed E-state index contributed by atoms with van der Waals surface area (Å²) in [6.07, 6.45) is 0.375. The van der Waals surface area contributed by atoms with Gasteiger partial charge in [0.15, 0.2) is 15.6 Å². The molecule has 1 unspecified atom stereocenters. The number of ketones is 1. The molecule has 0 radical (unpaired) electrons. The number of carbonyl (C=O) groups excluding carboxylic acids is 2. The van der Waals surface area contributed by atoms with Gasteiger partial charge in [-0.15, -0.1) is 0 Å². The van der Waals surface area contributed by atoms with Crippen LogP contribution in [-0.2, 0) is 14.6 Å². The molecule has 1 N–H and O–H groups in total. The molecule has 0 spiro atoms. The highest BCUT2D eigenvalue weighted by Gasteiger charge is 2.32. The third-order valence-electron chi connectivity index (χ3n) is 3.16. The lowest BCUT2D eigenvalue weighted by Crippen LogP contribution is -2.23. The van der Waals surface area contributed by atoms with Gasteiger partial charge < -0.3 is 5.32 Å². The van der Waals surface area contributed by atoms with E-state index >= 15 is 0 Å². The van der Waals surface area contributed by atoms with Gasteiger partial charge in [-0.2, -0.15) is 0 Å². The van der Waals surface area contributed by atoms with Gasteiger partial charge in [-0.3, -0.25) is 9.59 Å². The number of sulfone groups is 1. The van der Waals surface area contributed by atoms with Gasteiger partial charge in [0.1, 0.15) is 0 Å². The summed E-state index contributed by atoms with van der Waals surface area (Å²) in [5.41, 5.74) is 1.14. The zero-order valence-electron chi connectivity index (χ0n) is 10.5. The highest BCUT2D eigenvalue weighted by molar-refractivity contribution is 7.91. The summed E-state index contributed by atoms with van der Waals surface area (Å²) < 4.78 is 22.6. The lowest BCUT2D eigenvalue weighted by molar-refractivity contribution is -0.119. The zero-order valence-corrected chi connectivity index (χ0v) is 11.4. The normalized spacial score (nSPS) is 21.0. The fourth-order valence-electron chi connectivity index (χ4n) is 2.03. The molecule has 102 valence electrons. The minimum Gasteiger partial charge on any atom is -0.326 e. The second-order valence-electron chi connectivity index (χ2n) is 4.72. The van der Waals surface area contributed by atoms with E-state index in [-0.39, 0.29) is 23.2 Å². The van der Waals surface area contributed by atoms with E-state index in [0.29, 0.717) is 17.7 Å². The molecule has 1 fully saturated rings. The summed E-state index contributed by atoms with van der Waals surface area (Å²) in [6.45, 7) is 1.47. The molecule has 1 aromatic rings. The SMILES string of the molecule is CC(=O)c1ccc(NC(=O)C2CCS(=O)(=O)C2)cc1. The minimum absolute atomic E-state index is 0.0419. The third kappa shape index (κ3) is 3.41. The number of anilines is 1. The molecular formula is C13H15NO4S. The minimum atomic E-state index is -3.06. The predicted octanol–water partition coefficient (Wildman–Crippen LogP) is 1.26. The summed E-state index contributed by atoms with van der Waals surface area (Å²) in [6, 6.07) is 6.53. The molecule has 6 heteroatoms. The maximum Gasteiger partial charge on any atom is 0.228 e. The van der Waals surface area contributed by atoms with Gasteiger partial charge in [-0.1, -0.05) is 0 Å². The second kappa shape index (κ2) is 5.13. The largest absolute Gasteiger partial charge is 0.326 e. The number of carbonyl (C=O) groups is 2. The van der Waals surface area contributed by atoms with E-state index < -0.39 is 15.8 Å². The van der Waals surface area contributed by atoms with Crippen LogP contribution in [-0.4, -0.2) is 31.6 Å². The first-order valence-corrected chi connectivity index (χ1v) is 7.82. The molecule has 0 saturated carbocycles. The molecule has 1 amide bonds. The Hall–Kier alpha value is -1.69. The Morgan fingerprint density at radius 3 is 2.32 bits per heavy atom. The molecule has 1 heterocycles. The molecule has 0 bridgehead atoms. The molecule has 1 aliphatic heterocycles. The molecule has 5 nitrogen and oxygen atoms in total. The number of amides is 1. The Balaban J connectivity index is 2.01. The van der Waals surface area contributed by atoms with Crippen molar-refractivity contribution in [2.45, 2.75) is 13.3 Å². The quantitative estimate of drug-likeness (QED) is 0.846. The third-order valence-corrected chi connectivity index (χ3v) is 4.93. The van der Waals surface area contributed by atoms with Crippen molar-refractivity contribution in [3.05, 3.63) is 29.8 Å². The standard InChI is InChI=1S/C13H15NO4S/c1-9(15)10-2-4-12(5-3-10)14-13(16)11-6-7-19(17,18)8-11/h2-5,11H,6-8H2,1H3,(H,14,16). The van der Waals surface area contributed by atoms with Crippen LogP contribution in [0.3, 0.4) is 0 Å². The van der Waals surface area contributed by atoms with Crippen LogP contribution in [0.5, 0.6) is 0 Å². The Labute approximate surface area is 111 Å². The lowest BCUT2D eigenvalue weighted by Gasteiger charge is -2.09. The van der Waals surface area contributed by atoms with Crippen molar-refractivity contribution in [3.63, 3.8) is 0 Å². The van der Waals surface area contributed by atoms with Gasteiger partial charge in [0.05, 0.1) is 17.4 Å². The van der Waals surface area contributed by atoms with Crippen LogP contribution in [0.2, 0.25) is 0 Å². The number of hydrogen-bond acceptors (Lipinski definition) is 4. The number of nitrogens with one attached hydrogen (secondary N) is 1. The number of Topliss-reactive ketones (excluding diaryl/α,β-unsaturated/α-hetero) is 1. The van der Waals surface area contributed by atoms with Crippen molar-refractivity contribution in [2.24, 2.45) is 5.92 Å². The molecule has 1 saturated heterocycles. The summed E-state index contributed by atoms with van der Waals surface area (Å²) in [5, 5.41) is 2.67. The highest BCUT2D eigenvalue weighted by atomic mass is 32.2. The monoisotopic (exact) mass is 281 g/mol. The average Bonchev–Trinajstić information content (AvgIpc) is 2.70. The molecule has 2 rings (SSSR count). The fraction of sp³-hybridized carbons (Fsp3) is 0.385. The fourth-order valence-corrected chi connectivity index (χ4v) is 3.78. The van der Waals surface area contributed by atoms with Crippen LogP contribution >= 0.6 is 0 Å². The number of hydrogen-bond donors (Lipinski definition) is 1. The molecule has 19 heavy (non-hydrogen) atoms. The van der Waals surface area contributed by atoms with Crippen molar-refractivity contribution in [1.82, 2.24) is 0 Å². The van der Waals surface area contributed by atoms with Crippen LogP contribution in [0.4, 0.5) is 5.69 Å². The first kappa shape index (κ1) is 13.7. The van der Waals surface area contributed by atoms with E-state index in [4.69, 9.17) is 0 Å². The van der Waals surface area contributed by atoms with Crippen LogP contribution in [0.25, 0.3) is 0 Å². The Morgan fingerprint density at radius 1 is 1.21 bits per heavy atom. The van der Waals surface area contributed by atoms with Gasteiger partial charge in [-0.05, 0) is 37.6 Å². The van der Waals surface area contributed by atoms with Gasteiger partial charge in [0, 0.05) is 11.3 Å². The predicted molar refractivity (Wildman–Crippen MR) is 71.8 cm³/mol. The molecule has 0 aromatic heterocycles. The number of benzene rings is 1. The van der Waals surface area contributed by atoms with Crippen molar-refractivity contribution in [2.75, 3.05) is 16.8 Å².